The van der Waals surface area contributed by atoms with E-state index in [4.69, 9.17) is 0 Å². The Bertz CT molecular complexity index is 264. The van der Waals surface area contributed by atoms with Gasteiger partial charge in [-0.1, -0.05) is 6.07 Å². The smallest absolute Gasteiger partial charge is 0.0541 e. The molecule has 4 heteroatoms. The van der Waals surface area contributed by atoms with Gasteiger partial charge >= 0.3 is 0 Å². The predicted molar refractivity (Wildman–Crippen MR) is 54.9 cm³/mol. The lowest BCUT2D eigenvalue weighted by Gasteiger charge is -2.01. The zero-order chi connectivity index (χ0) is 9.52. The van der Waals surface area contributed by atoms with Crippen LogP contribution in [0, 0.1) is 0 Å². The van der Waals surface area contributed by atoms with Crippen LogP contribution in [-0.2, 0) is 17.3 Å². The van der Waals surface area contributed by atoms with Crippen LogP contribution in [0.15, 0.2) is 24.4 Å². The van der Waals surface area contributed by atoms with Gasteiger partial charge in [0, 0.05) is 42.1 Å². The first-order valence-corrected chi connectivity index (χ1v) is 5.92. The summed E-state index contributed by atoms with van der Waals surface area (Å²) in [7, 11) is -0.706. The van der Waals surface area contributed by atoms with Gasteiger partial charge in [-0.3, -0.25) is 9.19 Å². The SMILES string of the molecule is CS(=O)CCNCc1ccccn1. The minimum Gasteiger partial charge on any atom is -0.310 e. The molecule has 0 aliphatic rings. The summed E-state index contributed by atoms with van der Waals surface area (Å²) in [5, 5.41) is 3.18. The van der Waals surface area contributed by atoms with Crippen LogP contribution in [0.2, 0.25) is 0 Å². The molecular weight excluding hydrogens is 184 g/mol. The molecule has 1 atom stereocenters. The summed E-state index contributed by atoms with van der Waals surface area (Å²) in [4.78, 5) is 4.16. The first-order valence-electron chi connectivity index (χ1n) is 4.19. The maximum Gasteiger partial charge on any atom is 0.0541 e. The molecule has 1 rings (SSSR count). The van der Waals surface area contributed by atoms with Crippen molar-refractivity contribution in [3.05, 3.63) is 30.1 Å². The van der Waals surface area contributed by atoms with E-state index in [-0.39, 0.29) is 0 Å². The average molecular weight is 198 g/mol. The molecule has 0 spiro atoms. The minimum atomic E-state index is -0.706. The van der Waals surface area contributed by atoms with E-state index in [0.717, 1.165) is 18.8 Å². The van der Waals surface area contributed by atoms with Crippen molar-refractivity contribution in [2.24, 2.45) is 0 Å². The quantitative estimate of drug-likeness (QED) is 0.703. The van der Waals surface area contributed by atoms with Gasteiger partial charge in [-0.05, 0) is 12.1 Å². The van der Waals surface area contributed by atoms with E-state index in [2.05, 4.69) is 10.3 Å². The zero-order valence-corrected chi connectivity index (χ0v) is 8.51. The molecule has 0 saturated carbocycles. The van der Waals surface area contributed by atoms with Crippen molar-refractivity contribution in [2.45, 2.75) is 6.54 Å². The normalized spacial score (nSPS) is 12.7. The van der Waals surface area contributed by atoms with Crippen LogP contribution < -0.4 is 5.32 Å². The van der Waals surface area contributed by atoms with Gasteiger partial charge in [0.15, 0.2) is 0 Å². The van der Waals surface area contributed by atoms with Crippen LogP contribution in [0.25, 0.3) is 0 Å². The fourth-order valence-corrected chi connectivity index (χ4v) is 1.37. The van der Waals surface area contributed by atoms with Gasteiger partial charge in [0.2, 0.25) is 0 Å². The zero-order valence-electron chi connectivity index (χ0n) is 7.69. The standard InChI is InChI=1S/C9H14N2OS/c1-13(12)7-6-10-8-9-4-2-3-5-11-9/h2-5,10H,6-8H2,1H3. The van der Waals surface area contributed by atoms with E-state index in [1.165, 1.54) is 0 Å². The summed E-state index contributed by atoms with van der Waals surface area (Å²) in [5.74, 6) is 0.701. The van der Waals surface area contributed by atoms with E-state index in [1.54, 1.807) is 12.5 Å². The highest BCUT2D eigenvalue weighted by atomic mass is 32.2. The summed E-state index contributed by atoms with van der Waals surface area (Å²) < 4.78 is 10.7. The Kier molecular flexibility index (Phi) is 4.64. The van der Waals surface area contributed by atoms with Crippen molar-refractivity contribution in [3.8, 4) is 0 Å². The fraction of sp³-hybridized carbons (Fsp3) is 0.444. The van der Waals surface area contributed by atoms with E-state index in [0.29, 0.717) is 5.75 Å². The minimum absolute atomic E-state index is 0.701. The maximum absolute atomic E-state index is 10.7. The first kappa shape index (κ1) is 10.3. The van der Waals surface area contributed by atoms with Gasteiger partial charge < -0.3 is 5.32 Å². The third kappa shape index (κ3) is 4.75. The van der Waals surface area contributed by atoms with Gasteiger partial charge in [-0.15, -0.1) is 0 Å². The Balaban J connectivity index is 2.17. The maximum atomic E-state index is 10.7. The lowest BCUT2D eigenvalue weighted by atomic mass is 10.3. The third-order valence-electron chi connectivity index (χ3n) is 1.60. The molecule has 0 saturated heterocycles. The van der Waals surface area contributed by atoms with Crippen LogP contribution in [0.3, 0.4) is 0 Å². The Labute approximate surface area is 81.0 Å². The second-order valence-electron chi connectivity index (χ2n) is 2.78. The van der Waals surface area contributed by atoms with Crippen LogP contribution in [0.1, 0.15) is 5.69 Å². The predicted octanol–water partition coefficient (Wildman–Crippen LogP) is 0.550. The molecule has 1 unspecified atom stereocenters. The monoisotopic (exact) mass is 198 g/mol. The van der Waals surface area contributed by atoms with Crippen molar-refractivity contribution >= 4 is 10.8 Å². The van der Waals surface area contributed by atoms with Crippen molar-refractivity contribution in [2.75, 3.05) is 18.6 Å². The largest absolute Gasteiger partial charge is 0.310 e. The van der Waals surface area contributed by atoms with Crippen molar-refractivity contribution in [1.82, 2.24) is 10.3 Å². The third-order valence-corrected chi connectivity index (χ3v) is 2.38. The lowest BCUT2D eigenvalue weighted by molar-refractivity contribution is 0.674. The van der Waals surface area contributed by atoms with E-state index in [1.807, 2.05) is 18.2 Å². The van der Waals surface area contributed by atoms with Crippen molar-refractivity contribution in [1.29, 1.82) is 0 Å². The molecule has 0 fully saturated rings. The van der Waals surface area contributed by atoms with E-state index in [9.17, 15) is 4.21 Å². The molecule has 0 amide bonds. The summed E-state index contributed by atoms with van der Waals surface area (Å²) in [6.07, 6.45) is 3.48. The molecule has 1 aromatic heterocycles. The number of hydrogen-bond donors (Lipinski definition) is 1. The molecule has 72 valence electrons. The number of nitrogens with zero attached hydrogens (tertiary/aromatic N) is 1. The summed E-state index contributed by atoms with van der Waals surface area (Å²) in [6, 6.07) is 5.82. The summed E-state index contributed by atoms with van der Waals surface area (Å²) in [5.41, 5.74) is 1.02. The average Bonchev–Trinajstić information content (AvgIpc) is 2.14. The van der Waals surface area contributed by atoms with Gasteiger partial charge in [-0.2, -0.15) is 0 Å². The number of hydrogen-bond acceptors (Lipinski definition) is 3. The second-order valence-corrected chi connectivity index (χ2v) is 4.33. The molecule has 1 heterocycles. The van der Waals surface area contributed by atoms with Gasteiger partial charge in [-0.25, -0.2) is 0 Å². The lowest BCUT2D eigenvalue weighted by Crippen LogP contribution is -2.20. The molecule has 0 radical (unpaired) electrons. The highest BCUT2D eigenvalue weighted by molar-refractivity contribution is 7.84. The van der Waals surface area contributed by atoms with Crippen LogP contribution in [-0.4, -0.2) is 27.7 Å². The van der Waals surface area contributed by atoms with Crippen molar-refractivity contribution in [3.63, 3.8) is 0 Å². The molecule has 1 N–H and O–H groups in total. The molecule has 0 aliphatic carbocycles. The molecule has 0 aliphatic heterocycles. The van der Waals surface area contributed by atoms with Gasteiger partial charge in [0.25, 0.3) is 0 Å². The number of aromatic nitrogens is 1. The van der Waals surface area contributed by atoms with Gasteiger partial charge in [0.1, 0.15) is 0 Å². The molecule has 0 aromatic carbocycles. The van der Waals surface area contributed by atoms with Gasteiger partial charge in [0.05, 0.1) is 5.69 Å². The first-order chi connectivity index (χ1) is 6.29. The molecule has 13 heavy (non-hydrogen) atoms. The summed E-state index contributed by atoms with van der Waals surface area (Å²) in [6.45, 7) is 1.53. The molecular formula is C9H14N2OS. The summed E-state index contributed by atoms with van der Waals surface area (Å²) >= 11 is 0. The van der Waals surface area contributed by atoms with Crippen molar-refractivity contribution < 1.29 is 4.21 Å². The number of rotatable bonds is 5. The van der Waals surface area contributed by atoms with E-state index >= 15 is 0 Å². The van der Waals surface area contributed by atoms with Crippen LogP contribution in [0.5, 0.6) is 0 Å². The molecule has 3 nitrogen and oxygen atoms in total. The Morgan fingerprint density at radius 2 is 2.38 bits per heavy atom. The Morgan fingerprint density at radius 3 is 3.00 bits per heavy atom. The Morgan fingerprint density at radius 1 is 1.54 bits per heavy atom. The number of nitrogens with one attached hydrogen (secondary N) is 1. The molecule has 1 aromatic rings. The Hall–Kier alpha value is -0.740. The number of pyridine rings is 1. The second kappa shape index (κ2) is 5.83. The highest BCUT2D eigenvalue weighted by Crippen LogP contribution is 1.91. The van der Waals surface area contributed by atoms with Crippen LogP contribution in [0.4, 0.5) is 0 Å². The topological polar surface area (TPSA) is 42.0 Å². The highest BCUT2D eigenvalue weighted by Gasteiger charge is 1.93. The fourth-order valence-electron chi connectivity index (χ4n) is 0.935. The molecule has 0 bridgehead atoms. The van der Waals surface area contributed by atoms with Crippen LogP contribution >= 0.6 is 0 Å². The van der Waals surface area contributed by atoms with E-state index < -0.39 is 10.8 Å².